The van der Waals surface area contributed by atoms with Crippen molar-refractivity contribution in [1.29, 1.82) is 0 Å². The number of hydrogen-bond donors (Lipinski definition) is 1. The van der Waals surface area contributed by atoms with E-state index in [0.29, 0.717) is 12.0 Å². The maximum absolute atomic E-state index is 11.6. The fourth-order valence-corrected chi connectivity index (χ4v) is 24.0. The maximum Gasteiger partial charge on any atom is 0.344 e. The van der Waals surface area contributed by atoms with E-state index < -0.39 is 40.2 Å². The third kappa shape index (κ3) is 7.04. The van der Waals surface area contributed by atoms with Crippen LogP contribution in [0.2, 0.25) is 45.8 Å². The summed E-state index contributed by atoms with van der Waals surface area (Å²) in [7, 11) is -10.2. The second kappa shape index (κ2) is 7.66. The Morgan fingerprint density at radius 1 is 0.875 bits per heavy atom. The molecule has 24 heavy (non-hydrogen) atoms. The van der Waals surface area contributed by atoms with Crippen LogP contribution in [0.5, 0.6) is 0 Å². The summed E-state index contributed by atoms with van der Waals surface area (Å²) in [5, 5.41) is 9.52. The highest BCUT2D eigenvalue weighted by atomic mass is 28.5. The van der Waals surface area contributed by atoms with Gasteiger partial charge < -0.3 is 21.6 Å². The van der Waals surface area contributed by atoms with Gasteiger partial charge in [0.1, 0.15) is 0 Å². The van der Waals surface area contributed by atoms with E-state index >= 15 is 0 Å². The van der Waals surface area contributed by atoms with Crippen LogP contribution in [-0.4, -0.2) is 45.3 Å². The van der Waals surface area contributed by atoms with E-state index in [1.807, 2.05) is 52.8 Å². The number of carboxylic acids is 1. The Kier molecular flexibility index (Phi) is 7.01. The zero-order valence-electron chi connectivity index (χ0n) is 16.2. The molecule has 1 fully saturated rings. The second-order valence-corrected chi connectivity index (χ2v) is 21.7. The first-order valence-corrected chi connectivity index (χ1v) is 19.3. The fraction of sp³-hybridized carbons (Fsp3) is 0.786. The zero-order chi connectivity index (χ0) is 18.8. The van der Waals surface area contributed by atoms with Crippen LogP contribution in [0, 0.1) is 0 Å². The van der Waals surface area contributed by atoms with E-state index in [1.165, 1.54) is 0 Å². The maximum atomic E-state index is 11.6. The van der Waals surface area contributed by atoms with Crippen molar-refractivity contribution in [2.75, 3.05) is 0 Å². The lowest BCUT2D eigenvalue weighted by Crippen LogP contribution is -2.64. The Balaban J connectivity index is 3.23. The third-order valence-electron chi connectivity index (χ3n) is 3.39. The average molecular weight is 409 g/mol. The lowest BCUT2D eigenvalue weighted by molar-refractivity contribution is -0.132. The molecule has 0 spiro atoms. The van der Waals surface area contributed by atoms with E-state index in [-0.39, 0.29) is 0 Å². The summed E-state index contributed by atoms with van der Waals surface area (Å²) in [6.45, 7) is 15.8. The average Bonchev–Trinajstić information content (AvgIpc) is 2.27. The molecule has 0 aliphatic carbocycles. The molecule has 1 aliphatic rings. The molecule has 1 N–H and O–H groups in total. The molecule has 0 amide bonds. The summed E-state index contributed by atoms with van der Waals surface area (Å²) in [5.41, 5.74) is 2.11. The molecule has 0 aromatic rings. The molecule has 0 bridgehead atoms. The van der Waals surface area contributed by atoms with Gasteiger partial charge in [-0.05, 0) is 64.4 Å². The zero-order valence-corrected chi connectivity index (χ0v) is 20.2. The van der Waals surface area contributed by atoms with Crippen molar-refractivity contribution in [1.82, 2.24) is 0 Å². The standard InChI is InChI=1S/C14H32O6Si4/c1-9-10-11-13(14(15)16)12-24(8)19-22(4,5)17-21(2,3)18-23(6,7)20-24/h12H,9-11H2,1-8H3,(H,15,16). The first-order valence-electron chi connectivity index (χ1n) is 8.45. The van der Waals surface area contributed by atoms with Gasteiger partial charge in [-0.1, -0.05) is 13.3 Å². The largest absolute Gasteiger partial charge is 0.478 e. The molecule has 1 rings (SSSR count). The van der Waals surface area contributed by atoms with Crippen LogP contribution in [0.1, 0.15) is 26.2 Å². The highest BCUT2D eigenvalue weighted by molar-refractivity contribution is 6.94. The van der Waals surface area contributed by atoms with E-state index in [2.05, 4.69) is 0 Å². The van der Waals surface area contributed by atoms with Gasteiger partial charge in [0, 0.05) is 5.57 Å². The van der Waals surface area contributed by atoms with Crippen LogP contribution in [0.15, 0.2) is 11.3 Å². The molecule has 0 aromatic heterocycles. The van der Waals surface area contributed by atoms with Crippen LogP contribution >= 0.6 is 0 Å². The molecule has 10 heteroatoms. The highest BCUT2D eigenvalue weighted by Crippen LogP contribution is 2.32. The molecule has 0 unspecified atom stereocenters. The van der Waals surface area contributed by atoms with E-state index in [1.54, 1.807) is 5.70 Å². The summed E-state index contributed by atoms with van der Waals surface area (Å²) < 4.78 is 25.3. The van der Waals surface area contributed by atoms with Gasteiger partial charge in [-0.2, -0.15) is 0 Å². The Labute approximate surface area is 150 Å². The van der Waals surface area contributed by atoms with Gasteiger partial charge in [-0.3, -0.25) is 0 Å². The van der Waals surface area contributed by atoms with Gasteiger partial charge in [0.05, 0.1) is 0 Å². The number of rotatable bonds is 5. The van der Waals surface area contributed by atoms with Gasteiger partial charge in [0.15, 0.2) is 0 Å². The smallest absolute Gasteiger partial charge is 0.344 e. The number of aliphatic carboxylic acids is 1. The number of hydrogen-bond acceptors (Lipinski definition) is 5. The molecule has 140 valence electrons. The summed E-state index contributed by atoms with van der Waals surface area (Å²) in [6, 6.07) is 0. The molecule has 1 saturated heterocycles. The topological polar surface area (TPSA) is 74.2 Å². The van der Waals surface area contributed by atoms with Gasteiger partial charge in [0.2, 0.25) is 0 Å². The van der Waals surface area contributed by atoms with Gasteiger partial charge in [-0.15, -0.1) is 0 Å². The van der Waals surface area contributed by atoms with Crippen molar-refractivity contribution in [2.45, 2.75) is 72.0 Å². The monoisotopic (exact) mass is 408 g/mol. The van der Waals surface area contributed by atoms with E-state index in [0.717, 1.165) is 12.8 Å². The van der Waals surface area contributed by atoms with Crippen molar-refractivity contribution in [2.24, 2.45) is 0 Å². The number of carboxylic acid groups (broad SMARTS) is 1. The molecule has 0 saturated carbocycles. The number of unbranched alkanes of at least 4 members (excludes halogenated alkanes) is 1. The summed E-state index contributed by atoms with van der Waals surface area (Å²) >= 11 is 0. The molecule has 1 aliphatic heterocycles. The predicted octanol–water partition coefficient (Wildman–Crippen LogP) is 3.98. The number of carbonyl (C=O) groups is 1. The van der Waals surface area contributed by atoms with Crippen molar-refractivity contribution in [3.8, 4) is 0 Å². The van der Waals surface area contributed by atoms with Crippen LogP contribution in [0.3, 0.4) is 0 Å². The van der Waals surface area contributed by atoms with Crippen molar-refractivity contribution >= 4 is 40.2 Å². The fourth-order valence-electron chi connectivity index (χ4n) is 3.23. The molecule has 1 heterocycles. The Hall–Kier alpha value is -0.0825. The Morgan fingerprint density at radius 2 is 1.29 bits per heavy atom. The summed E-state index contributed by atoms with van der Waals surface area (Å²) in [4.78, 5) is 11.6. The minimum Gasteiger partial charge on any atom is -0.478 e. The normalized spacial score (nSPS) is 25.6. The van der Waals surface area contributed by atoms with E-state index in [9.17, 15) is 9.90 Å². The molecule has 0 atom stereocenters. The lowest BCUT2D eigenvalue weighted by Gasteiger charge is -2.46. The van der Waals surface area contributed by atoms with Crippen LogP contribution in [-0.2, 0) is 21.3 Å². The van der Waals surface area contributed by atoms with Crippen LogP contribution in [0.4, 0.5) is 0 Å². The van der Waals surface area contributed by atoms with Crippen molar-refractivity contribution in [3.05, 3.63) is 11.3 Å². The molecular weight excluding hydrogens is 376 g/mol. The summed E-state index contributed by atoms with van der Waals surface area (Å²) in [6.07, 6.45) is 2.29. The molecule has 0 aromatic carbocycles. The highest BCUT2D eigenvalue weighted by Gasteiger charge is 2.52. The summed E-state index contributed by atoms with van der Waals surface area (Å²) in [5.74, 6) is -0.901. The quantitative estimate of drug-likeness (QED) is 0.548. The first kappa shape index (κ1) is 22.0. The van der Waals surface area contributed by atoms with Crippen LogP contribution < -0.4 is 0 Å². The van der Waals surface area contributed by atoms with Gasteiger partial charge in [-0.25, -0.2) is 4.79 Å². The predicted molar refractivity (Wildman–Crippen MR) is 104 cm³/mol. The molecule has 0 radical (unpaired) electrons. The van der Waals surface area contributed by atoms with Gasteiger partial charge >= 0.3 is 40.2 Å². The first-order chi connectivity index (χ1) is 10.7. The minimum atomic E-state index is -2.88. The molecular formula is C14H32O6Si4. The lowest BCUT2D eigenvalue weighted by atomic mass is 10.1. The Bertz CT molecular complexity index is 481. The Morgan fingerprint density at radius 3 is 1.67 bits per heavy atom. The molecule has 6 nitrogen and oxygen atoms in total. The van der Waals surface area contributed by atoms with Crippen LogP contribution in [0.25, 0.3) is 0 Å². The second-order valence-electron chi connectivity index (χ2n) is 7.70. The van der Waals surface area contributed by atoms with E-state index in [4.69, 9.17) is 16.5 Å². The van der Waals surface area contributed by atoms with Crippen molar-refractivity contribution in [3.63, 3.8) is 0 Å². The third-order valence-corrected chi connectivity index (χ3v) is 19.3. The van der Waals surface area contributed by atoms with Crippen molar-refractivity contribution < 1.29 is 26.4 Å². The minimum absolute atomic E-state index is 0.373. The SMILES string of the molecule is CCCCC(=C[Si]1(C)O[Si](C)(C)O[Si](C)(C)O[Si](C)(C)O1)C(=O)O. The van der Waals surface area contributed by atoms with Gasteiger partial charge in [0.25, 0.3) is 0 Å².